The molecule has 0 aromatic carbocycles. The fraction of sp³-hybridized carbons (Fsp3) is 0.421. The first-order chi connectivity index (χ1) is 13.1. The summed E-state index contributed by atoms with van der Waals surface area (Å²) in [6, 6.07) is 6.21. The van der Waals surface area contributed by atoms with Gasteiger partial charge in [0.2, 0.25) is 5.91 Å². The van der Waals surface area contributed by atoms with Crippen molar-refractivity contribution < 1.29 is 9.21 Å². The Bertz CT molecular complexity index is 917. The molecule has 0 saturated carbocycles. The highest BCUT2D eigenvalue weighted by Crippen LogP contribution is 2.37. The van der Waals surface area contributed by atoms with Gasteiger partial charge in [-0.1, -0.05) is 24.8 Å². The van der Waals surface area contributed by atoms with Crippen molar-refractivity contribution >= 4 is 40.3 Å². The summed E-state index contributed by atoms with van der Waals surface area (Å²) in [5, 5.41) is 13.7. The number of nitrogens with one attached hydrogen (secondary N) is 1. The van der Waals surface area contributed by atoms with Crippen LogP contribution in [0.25, 0.3) is 10.8 Å². The molecule has 3 heterocycles. The van der Waals surface area contributed by atoms with Crippen LogP contribution in [0, 0.1) is 5.92 Å². The zero-order valence-corrected chi connectivity index (χ0v) is 17.7. The van der Waals surface area contributed by atoms with E-state index in [2.05, 4.69) is 28.5 Å². The predicted molar refractivity (Wildman–Crippen MR) is 110 cm³/mol. The molecule has 5 nitrogen and oxygen atoms in total. The molecule has 0 saturated heterocycles. The number of rotatable bonds is 6. The molecule has 142 valence electrons. The number of amides is 1. The van der Waals surface area contributed by atoms with Crippen LogP contribution in [0.5, 0.6) is 0 Å². The Hall–Kier alpha value is -1.64. The number of nitrogens with zero attached hydrogens (tertiary/aromatic N) is 2. The van der Waals surface area contributed by atoms with Crippen LogP contribution in [0.1, 0.15) is 41.6 Å². The minimum absolute atomic E-state index is 0.0103. The van der Waals surface area contributed by atoms with E-state index in [-0.39, 0.29) is 17.7 Å². The van der Waals surface area contributed by atoms with Crippen LogP contribution in [0.4, 0.5) is 0 Å². The minimum Gasteiger partial charge on any atom is -0.410 e. The van der Waals surface area contributed by atoms with E-state index >= 15 is 0 Å². The number of carbonyl (C=O) groups is 1. The Labute approximate surface area is 170 Å². The maximum absolute atomic E-state index is 12.1. The maximum atomic E-state index is 12.1. The fourth-order valence-corrected chi connectivity index (χ4v) is 5.64. The van der Waals surface area contributed by atoms with Crippen molar-refractivity contribution in [3.8, 4) is 10.8 Å². The van der Waals surface area contributed by atoms with Gasteiger partial charge in [0, 0.05) is 9.75 Å². The van der Waals surface area contributed by atoms with Gasteiger partial charge in [0.25, 0.3) is 11.1 Å². The number of aryl methyl sites for hydroxylation is 1. The highest BCUT2D eigenvalue weighted by molar-refractivity contribution is 7.99. The predicted octanol–water partition coefficient (Wildman–Crippen LogP) is 4.95. The van der Waals surface area contributed by atoms with Gasteiger partial charge < -0.3 is 9.73 Å². The lowest BCUT2D eigenvalue weighted by atomic mass is 9.90. The number of fused-ring (bicyclic) bond motifs is 1. The quantitative estimate of drug-likeness (QED) is 0.572. The molecule has 0 spiro atoms. The van der Waals surface area contributed by atoms with Gasteiger partial charge in [-0.15, -0.1) is 32.9 Å². The first-order valence-corrected chi connectivity index (χ1v) is 11.7. The van der Waals surface area contributed by atoms with Crippen molar-refractivity contribution in [2.75, 3.05) is 5.75 Å². The number of thiophene rings is 2. The van der Waals surface area contributed by atoms with Gasteiger partial charge in [-0.2, -0.15) is 0 Å². The third-order valence-electron chi connectivity index (χ3n) is 4.62. The molecule has 27 heavy (non-hydrogen) atoms. The molecule has 0 bridgehead atoms. The van der Waals surface area contributed by atoms with Crippen molar-refractivity contribution in [1.82, 2.24) is 15.5 Å². The van der Waals surface area contributed by atoms with Gasteiger partial charge in [-0.25, -0.2) is 0 Å². The number of carbonyl (C=O) groups excluding carboxylic acids is 1. The maximum Gasteiger partial charge on any atom is 0.277 e. The fourth-order valence-electron chi connectivity index (χ4n) is 3.20. The zero-order valence-electron chi connectivity index (χ0n) is 15.2. The lowest BCUT2D eigenvalue weighted by molar-refractivity contribution is -0.119. The normalized spacial score (nSPS) is 17.5. The summed E-state index contributed by atoms with van der Waals surface area (Å²) in [5.41, 5.74) is 1.42. The Kier molecular flexibility index (Phi) is 5.66. The van der Waals surface area contributed by atoms with E-state index in [4.69, 9.17) is 4.42 Å². The van der Waals surface area contributed by atoms with Crippen LogP contribution < -0.4 is 5.32 Å². The molecule has 1 N–H and O–H groups in total. The smallest absolute Gasteiger partial charge is 0.277 e. The largest absolute Gasteiger partial charge is 0.410 e. The molecule has 3 aromatic heterocycles. The second-order valence-electron chi connectivity index (χ2n) is 6.87. The second kappa shape index (κ2) is 8.16. The highest BCUT2D eigenvalue weighted by Gasteiger charge is 2.21. The van der Waals surface area contributed by atoms with Crippen molar-refractivity contribution in [3.63, 3.8) is 0 Å². The van der Waals surface area contributed by atoms with E-state index < -0.39 is 0 Å². The molecular formula is C19H21N3O2S3. The van der Waals surface area contributed by atoms with E-state index in [1.165, 1.54) is 28.6 Å². The molecule has 0 fully saturated rings. The Morgan fingerprint density at radius 2 is 2.37 bits per heavy atom. The van der Waals surface area contributed by atoms with Crippen LogP contribution in [0.2, 0.25) is 0 Å². The zero-order chi connectivity index (χ0) is 18.8. The van der Waals surface area contributed by atoms with Crippen LogP contribution in [-0.4, -0.2) is 21.9 Å². The molecule has 8 heteroatoms. The van der Waals surface area contributed by atoms with E-state index in [1.54, 1.807) is 22.7 Å². The first kappa shape index (κ1) is 18.7. The topological polar surface area (TPSA) is 68.0 Å². The second-order valence-corrected chi connectivity index (χ2v) is 9.92. The number of hydrogen-bond acceptors (Lipinski definition) is 7. The van der Waals surface area contributed by atoms with E-state index in [1.807, 2.05) is 24.4 Å². The molecular weight excluding hydrogens is 398 g/mol. The van der Waals surface area contributed by atoms with E-state index in [0.29, 0.717) is 11.1 Å². The molecule has 3 aromatic rings. The summed E-state index contributed by atoms with van der Waals surface area (Å²) in [7, 11) is 0. The SMILES string of the molecule is C[C@H]1CCc2sc(-c3nnc(SCC(=O)N[C@H](C)c4cccs4)o3)cc2C1. The van der Waals surface area contributed by atoms with Gasteiger partial charge in [-0.3, -0.25) is 4.79 Å². The molecule has 1 aliphatic carbocycles. The van der Waals surface area contributed by atoms with Gasteiger partial charge in [0.15, 0.2) is 0 Å². The monoisotopic (exact) mass is 419 g/mol. The van der Waals surface area contributed by atoms with Crippen molar-refractivity contribution in [1.29, 1.82) is 0 Å². The molecule has 0 aliphatic heterocycles. The number of thioether (sulfide) groups is 1. The van der Waals surface area contributed by atoms with Crippen molar-refractivity contribution in [2.24, 2.45) is 5.92 Å². The number of aromatic nitrogens is 2. The third-order valence-corrected chi connectivity index (χ3v) is 7.72. The summed E-state index contributed by atoms with van der Waals surface area (Å²) in [6.07, 6.45) is 3.51. The molecule has 0 radical (unpaired) electrons. The van der Waals surface area contributed by atoms with Crippen molar-refractivity contribution in [2.45, 2.75) is 44.4 Å². The number of hydrogen-bond donors (Lipinski definition) is 1. The molecule has 1 amide bonds. The van der Waals surface area contributed by atoms with Gasteiger partial charge in [0.05, 0.1) is 16.7 Å². The summed E-state index contributed by atoms with van der Waals surface area (Å²) >= 11 is 4.66. The molecule has 0 unspecified atom stereocenters. The summed E-state index contributed by atoms with van der Waals surface area (Å²) in [4.78, 5) is 15.8. The third kappa shape index (κ3) is 4.44. The minimum atomic E-state index is -0.0405. The summed E-state index contributed by atoms with van der Waals surface area (Å²) < 4.78 is 5.78. The molecule has 4 rings (SSSR count). The Balaban J connectivity index is 1.34. The Morgan fingerprint density at radius 1 is 1.48 bits per heavy atom. The van der Waals surface area contributed by atoms with Gasteiger partial charge >= 0.3 is 0 Å². The Morgan fingerprint density at radius 3 is 3.19 bits per heavy atom. The van der Waals surface area contributed by atoms with Gasteiger partial charge in [0.1, 0.15) is 0 Å². The van der Waals surface area contributed by atoms with Crippen molar-refractivity contribution in [3.05, 3.63) is 38.9 Å². The lowest BCUT2D eigenvalue weighted by Crippen LogP contribution is -2.27. The van der Waals surface area contributed by atoms with E-state index in [9.17, 15) is 4.79 Å². The average molecular weight is 420 g/mol. The van der Waals surface area contributed by atoms with Gasteiger partial charge in [-0.05, 0) is 55.2 Å². The molecule has 2 atom stereocenters. The summed E-state index contributed by atoms with van der Waals surface area (Å²) in [5.74, 6) is 1.51. The van der Waals surface area contributed by atoms with Crippen LogP contribution in [-0.2, 0) is 17.6 Å². The lowest BCUT2D eigenvalue weighted by Gasteiger charge is -2.16. The highest BCUT2D eigenvalue weighted by atomic mass is 32.2. The summed E-state index contributed by atoms with van der Waals surface area (Å²) in [6.45, 7) is 4.28. The standard InChI is InChI=1S/C19H21N3O2S3/c1-11-5-6-15-13(8-11)9-16(27-15)18-21-22-19(24-18)26-10-17(23)20-12(2)14-4-3-7-25-14/h3-4,7,9,11-12H,5-6,8,10H2,1-2H3,(H,20,23)/t11-,12+/m0/s1. The van der Waals surface area contributed by atoms with Crippen LogP contribution in [0.15, 0.2) is 33.2 Å². The van der Waals surface area contributed by atoms with E-state index in [0.717, 1.165) is 28.5 Å². The van der Waals surface area contributed by atoms with Crippen LogP contribution in [0.3, 0.4) is 0 Å². The average Bonchev–Trinajstić information content (AvgIpc) is 3.38. The molecule has 1 aliphatic rings. The van der Waals surface area contributed by atoms with Crippen LogP contribution >= 0.6 is 34.4 Å². The first-order valence-electron chi connectivity index (χ1n) is 8.99.